The van der Waals surface area contributed by atoms with Crippen LogP contribution in [-0.4, -0.2) is 19.0 Å². The molecule has 1 aliphatic rings. The molecule has 0 atom stereocenters. The molecule has 1 aliphatic heterocycles. The maximum Gasteiger partial charge on any atom is 0.221 e. The van der Waals surface area contributed by atoms with Gasteiger partial charge in [-0.15, -0.1) is 0 Å². The minimum atomic E-state index is -0.0891. The van der Waals surface area contributed by atoms with Crippen LogP contribution >= 0.6 is 0 Å². The standard InChI is InChI=1S/C15H23N3O/c1-10-4-6-18(7-5-10)15-9-14(17-12(3)19)13(16)8-11(15)2/h8-10H,4-7,16H2,1-3H3,(H,17,19). The summed E-state index contributed by atoms with van der Waals surface area (Å²) in [4.78, 5) is 13.6. The van der Waals surface area contributed by atoms with Gasteiger partial charge in [-0.05, 0) is 43.4 Å². The van der Waals surface area contributed by atoms with Crippen molar-refractivity contribution in [2.75, 3.05) is 29.0 Å². The number of carbonyl (C=O) groups is 1. The highest BCUT2D eigenvalue weighted by atomic mass is 16.1. The Bertz CT molecular complexity index is 477. The van der Waals surface area contributed by atoms with E-state index in [0.717, 1.165) is 19.0 Å². The molecule has 0 radical (unpaired) electrons. The Hall–Kier alpha value is -1.71. The molecule has 0 aliphatic carbocycles. The molecule has 0 aromatic heterocycles. The maximum absolute atomic E-state index is 11.2. The molecule has 1 aromatic carbocycles. The molecule has 1 heterocycles. The molecule has 2 rings (SSSR count). The third-order valence-electron chi connectivity index (χ3n) is 3.80. The van der Waals surface area contributed by atoms with Crippen LogP contribution < -0.4 is 16.0 Å². The average molecular weight is 261 g/mol. The Morgan fingerprint density at radius 1 is 1.37 bits per heavy atom. The fraction of sp³-hybridized carbons (Fsp3) is 0.533. The summed E-state index contributed by atoms with van der Waals surface area (Å²) < 4.78 is 0. The fourth-order valence-corrected chi connectivity index (χ4v) is 2.61. The molecule has 0 saturated carbocycles. The fourth-order valence-electron chi connectivity index (χ4n) is 2.61. The summed E-state index contributed by atoms with van der Waals surface area (Å²) in [5, 5.41) is 2.80. The zero-order chi connectivity index (χ0) is 14.0. The molecular formula is C15H23N3O. The van der Waals surface area contributed by atoms with Gasteiger partial charge in [-0.25, -0.2) is 0 Å². The molecule has 3 N–H and O–H groups in total. The summed E-state index contributed by atoms with van der Waals surface area (Å²) in [6, 6.07) is 3.95. The van der Waals surface area contributed by atoms with Crippen LogP contribution in [0, 0.1) is 12.8 Å². The Morgan fingerprint density at radius 2 is 2.00 bits per heavy atom. The first kappa shape index (κ1) is 13.7. The molecule has 0 unspecified atom stereocenters. The van der Waals surface area contributed by atoms with Crippen LogP contribution in [0.15, 0.2) is 12.1 Å². The van der Waals surface area contributed by atoms with E-state index in [1.54, 1.807) is 0 Å². The normalized spacial score (nSPS) is 16.5. The van der Waals surface area contributed by atoms with Crippen molar-refractivity contribution >= 4 is 23.0 Å². The van der Waals surface area contributed by atoms with E-state index >= 15 is 0 Å². The topological polar surface area (TPSA) is 58.4 Å². The Balaban J connectivity index is 2.26. The highest BCUT2D eigenvalue weighted by molar-refractivity contribution is 5.93. The summed E-state index contributed by atoms with van der Waals surface area (Å²) in [5.41, 5.74) is 9.65. The first-order chi connectivity index (χ1) is 8.97. The zero-order valence-electron chi connectivity index (χ0n) is 12.0. The number of nitrogens with zero attached hydrogens (tertiary/aromatic N) is 1. The molecule has 1 amide bonds. The second-order valence-corrected chi connectivity index (χ2v) is 5.58. The van der Waals surface area contributed by atoms with Gasteiger partial charge in [0, 0.05) is 25.7 Å². The molecule has 1 fully saturated rings. The third kappa shape index (κ3) is 3.19. The zero-order valence-corrected chi connectivity index (χ0v) is 12.0. The minimum Gasteiger partial charge on any atom is -0.397 e. The monoisotopic (exact) mass is 261 g/mol. The number of nitrogens with two attached hydrogens (primary N) is 1. The average Bonchev–Trinajstić information content (AvgIpc) is 2.33. The number of rotatable bonds is 2. The lowest BCUT2D eigenvalue weighted by Gasteiger charge is -2.33. The molecular weight excluding hydrogens is 238 g/mol. The number of benzene rings is 1. The molecule has 4 heteroatoms. The van der Waals surface area contributed by atoms with Crippen molar-refractivity contribution in [2.24, 2.45) is 5.92 Å². The number of carbonyl (C=O) groups excluding carboxylic acids is 1. The lowest BCUT2D eigenvalue weighted by molar-refractivity contribution is -0.114. The van der Waals surface area contributed by atoms with Crippen molar-refractivity contribution in [3.8, 4) is 0 Å². The molecule has 0 spiro atoms. The molecule has 19 heavy (non-hydrogen) atoms. The SMILES string of the molecule is CC(=O)Nc1cc(N2CCC(C)CC2)c(C)cc1N. The third-order valence-corrected chi connectivity index (χ3v) is 3.80. The van der Waals surface area contributed by atoms with Crippen LogP contribution in [0.1, 0.15) is 32.3 Å². The summed E-state index contributed by atoms with van der Waals surface area (Å²) in [7, 11) is 0. The number of anilines is 3. The number of amides is 1. The van der Waals surface area contributed by atoms with Gasteiger partial charge in [0.1, 0.15) is 0 Å². The van der Waals surface area contributed by atoms with Gasteiger partial charge < -0.3 is 16.0 Å². The summed E-state index contributed by atoms with van der Waals surface area (Å²) in [6.45, 7) is 8.02. The summed E-state index contributed by atoms with van der Waals surface area (Å²) in [5.74, 6) is 0.717. The van der Waals surface area contributed by atoms with E-state index in [4.69, 9.17) is 5.73 Å². The number of nitrogens with one attached hydrogen (secondary N) is 1. The van der Waals surface area contributed by atoms with Crippen molar-refractivity contribution in [2.45, 2.75) is 33.6 Å². The van der Waals surface area contributed by atoms with Gasteiger partial charge in [0.2, 0.25) is 5.91 Å². The quantitative estimate of drug-likeness (QED) is 0.805. The largest absolute Gasteiger partial charge is 0.397 e. The number of aryl methyl sites for hydroxylation is 1. The van der Waals surface area contributed by atoms with Crippen molar-refractivity contribution in [3.05, 3.63) is 17.7 Å². The Labute approximate surface area is 115 Å². The van der Waals surface area contributed by atoms with Gasteiger partial charge >= 0.3 is 0 Å². The van der Waals surface area contributed by atoms with Crippen LogP contribution in [0.4, 0.5) is 17.1 Å². The number of piperidine rings is 1. The van der Waals surface area contributed by atoms with E-state index in [9.17, 15) is 4.79 Å². The maximum atomic E-state index is 11.2. The summed E-state index contributed by atoms with van der Waals surface area (Å²) >= 11 is 0. The first-order valence-corrected chi connectivity index (χ1v) is 6.90. The van der Waals surface area contributed by atoms with E-state index in [0.29, 0.717) is 11.4 Å². The van der Waals surface area contributed by atoms with Crippen LogP contribution in [0.2, 0.25) is 0 Å². The smallest absolute Gasteiger partial charge is 0.221 e. The molecule has 104 valence electrons. The van der Waals surface area contributed by atoms with E-state index < -0.39 is 0 Å². The van der Waals surface area contributed by atoms with Crippen LogP contribution in [0.3, 0.4) is 0 Å². The van der Waals surface area contributed by atoms with Crippen LogP contribution in [-0.2, 0) is 4.79 Å². The minimum absolute atomic E-state index is 0.0891. The second kappa shape index (κ2) is 5.51. The summed E-state index contributed by atoms with van der Waals surface area (Å²) in [6.07, 6.45) is 2.44. The van der Waals surface area contributed by atoms with Gasteiger partial charge in [0.05, 0.1) is 11.4 Å². The van der Waals surface area contributed by atoms with Crippen molar-refractivity contribution in [1.29, 1.82) is 0 Å². The Morgan fingerprint density at radius 3 is 2.58 bits per heavy atom. The first-order valence-electron chi connectivity index (χ1n) is 6.90. The number of hydrogen-bond donors (Lipinski definition) is 2. The van der Waals surface area contributed by atoms with Crippen LogP contribution in [0.5, 0.6) is 0 Å². The number of nitrogen functional groups attached to an aromatic ring is 1. The van der Waals surface area contributed by atoms with Crippen molar-refractivity contribution in [3.63, 3.8) is 0 Å². The van der Waals surface area contributed by atoms with E-state index in [-0.39, 0.29) is 5.91 Å². The predicted molar refractivity (Wildman–Crippen MR) is 80.5 cm³/mol. The van der Waals surface area contributed by atoms with E-state index in [1.165, 1.54) is 31.0 Å². The highest BCUT2D eigenvalue weighted by Crippen LogP contribution is 2.32. The van der Waals surface area contributed by atoms with Crippen molar-refractivity contribution < 1.29 is 4.79 Å². The lowest BCUT2D eigenvalue weighted by Crippen LogP contribution is -2.33. The molecule has 1 aromatic rings. The molecule has 1 saturated heterocycles. The molecule has 0 bridgehead atoms. The van der Waals surface area contributed by atoms with Gasteiger partial charge in [0.15, 0.2) is 0 Å². The van der Waals surface area contributed by atoms with E-state index in [2.05, 4.69) is 24.1 Å². The number of hydrogen-bond acceptors (Lipinski definition) is 3. The second-order valence-electron chi connectivity index (χ2n) is 5.58. The highest BCUT2D eigenvalue weighted by Gasteiger charge is 2.18. The molecule has 4 nitrogen and oxygen atoms in total. The van der Waals surface area contributed by atoms with Gasteiger partial charge in [-0.3, -0.25) is 4.79 Å². The van der Waals surface area contributed by atoms with Gasteiger partial charge in [0.25, 0.3) is 0 Å². The lowest BCUT2D eigenvalue weighted by atomic mass is 9.98. The van der Waals surface area contributed by atoms with Crippen molar-refractivity contribution in [1.82, 2.24) is 0 Å². The van der Waals surface area contributed by atoms with E-state index in [1.807, 2.05) is 12.1 Å². The van der Waals surface area contributed by atoms with Crippen LogP contribution in [0.25, 0.3) is 0 Å². The van der Waals surface area contributed by atoms with Gasteiger partial charge in [-0.2, -0.15) is 0 Å². The van der Waals surface area contributed by atoms with Gasteiger partial charge in [-0.1, -0.05) is 6.92 Å². The predicted octanol–water partition coefficient (Wildman–Crippen LogP) is 2.77. The Kier molecular flexibility index (Phi) is 3.98.